The van der Waals surface area contributed by atoms with Gasteiger partial charge in [-0.25, -0.2) is 0 Å². The minimum Gasteiger partial charge on any atom is -0.395 e. The van der Waals surface area contributed by atoms with Crippen LogP contribution in [-0.4, -0.2) is 35.9 Å². The summed E-state index contributed by atoms with van der Waals surface area (Å²) in [4.78, 5) is 0. The predicted octanol–water partition coefficient (Wildman–Crippen LogP) is 0.850. The van der Waals surface area contributed by atoms with Crippen LogP contribution in [0.5, 0.6) is 0 Å². The molecule has 2 rings (SSSR count). The summed E-state index contributed by atoms with van der Waals surface area (Å²) in [6, 6.07) is 8.45. The number of rotatable bonds is 7. The first kappa shape index (κ1) is 13.1. The maximum Gasteiger partial charge on any atom is 0.0555 e. The summed E-state index contributed by atoms with van der Waals surface area (Å²) >= 11 is 0. The standard InChI is InChI=1S/C14H21N3O/c1-17-11-12(10-16-7-6-15-8-9-18)13-4-2-3-5-14(13)17/h2-5,11,15-16,18H,6-10H2,1H3. The third-order valence-corrected chi connectivity index (χ3v) is 3.06. The van der Waals surface area contributed by atoms with Crippen molar-refractivity contribution in [3.63, 3.8) is 0 Å². The Balaban J connectivity index is 1.88. The molecule has 0 saturated carbocycles. The second-order valence-corrected chi connectivity index (χ2v) is 4.43. The molecule has 3 N–H and O–H groups in total. The fraction of sp³-hybridized carbons (Fsp3) is 0.429. The molecule has 0 spiro atoms. The van der Waals surface area contributed by atoms with Gasteiger partial charge in [0.15, 0.2) is 0 Å². The molecule has 4 heteroatoms. The van der Waals surface area contributed by atoms with Gasteiger partial charge in [-0.2, -0.15) is 0 Å². The molecule has 0 radical (unpaired) electrons. The van der Waals surface area contributed by atoms with E-state index < -0.39 is 0 Å². The van der Waals surface area contributed by atoms with Gasteiger partial charge in [0, 0.05) is 50.3 Å². The highest BCUT2D eigenvalue weighted by atomic mass is 16.3. The number of hydrogen-bond donors (Lipinski definition) is 3. The quantitative estimate of drug-likeness (QED) is 0.636. The SMILES string of the molecule is Cn1cc(CNCCNCCO)c2ccccc21. The van der Waals surface area contributed by atoms with Gasteiger partial charge in [-0.05, 0) is 11.6 Å². The third-order valence-electron chi connectivity index (χ3n) is 3.06. The zero-order chi connectivity index (χ0) is 12.8. The lowest BCUT2D eigenvalue weighted by atomic mass is 10.2. The topological polar surface area (TPSA) is 49.2 Å². The van der Waals surface area contributed by atoms with Gasteiger partial charge in [0.2, 0.25) is 0 Å². The van der Waals surface area contributed by atoms with Crippen molar-refractivity contribution in [1.29, 1.82) is 0 Å². The summed E-state index contributed by atoms with van der Waals surface area (Å²) in [5, 5.41) is 16.5. The summed E-state index contributed by atoms with van der Waals surface area (Å²) in [5.41, 5.74) is 2.60. The first-order chi connectivity index (χ1) is 8.83. The third kappa shape index (κ3) is 3.10. The maximum atomic E-state index is 8.64. The van der Waals surface area contributed by atoms with Crippen molar-refractivity contribution < 1.29 is 5.11 Å². The Morgan fingerprint density at radius 1 is 1.11 bits per heavy atom. The van der Waals surface area contributed by atoms with E-state index in [1.54, 1.807) is 0 Å². The summed E-state index contributed by atoms with van der Waals surface area (Å²) < 4.78 is 2.16. The van der Waals surface area contributed by atoms with Gasteiger partial charge >= 0.3 is 0 Å². The Kier molecular flexibility index (Phi) is 4.75. The molecular weight excluding hydrogens is 226 g/mol. The Morgan fingerprint density at radius 2 is 1.89 bits per heavy atom. The molecule has 98 valence electrons. The molecule has 0 saturated heterocycles. The van der Waals surface area contributed by atoms with Gasteiger partial charge in [-0.15, -0.1) is 0 Å². The van der Waals surface area contributed by atoms with Crippen molar-refractivity contribution in [3.05, 3.63) is 36.0 Å². The molecule has 0 bridgehead atoms. The molecule has 0 fully saturated rings. The van der Waals surface area contributed by atoms with Crippen molar-refractivity contribution in [2.75, 3.05) is 26.2 Å². The molecule has 2 aromatic rings. The number of aliphatic hydroxyl groups excluding tert-OH is 1. The molecule has 1 aromatic heterocycles. The van der Waals surface area contributed by atoms with Crippen LogP contribution in [-0.2, 0) is 13.6 Å². The fourth-order valence-corrected chi connectivity index (χ4v) is 2.17. The van der Waals surface area contributed by atoms with E-state index in [0.29, 0.717) is 6.54 Å². The number of nitrogens with zero attached hydrogens (tertiary/aromatic N) is 1. The van der Waals surface area contributed by atoms with Crippen molar-refractivity contribution >= 4 is 10.9 Å². The molecule has 0 amide bonds. The molecule has 0 unspecified atom stereocenters. The average Bonchev–Trinajstić information content (AvgIpc) is 2.71. The van der Waals surface area contributed by atoms with E-state index in [9.17, 15) is 0 Å². The predicted molar refractivity (Wildman–Crippen MR) is 74.6 cm³/mol. The molecule has 0 atom stereocenters. The first-order valence-corrected chi connectivity index (χ1v) is 6.38. The second-order valence-electron chi connectivity index (χ2n) is 4.43. The van der Waals surface area contributed by atoms with Crippen LogP contribution in [0.1, 0.15) is 5.56 Å². The monoisotopic (exact) mass is 247 g/mol. The number of aryl methyl sites for hydroxylation is 1. The molecule has 4 nitrogen and oxygen atoms in total. The Bertz CT molecular complexity index is 493. The van der Waals surface area contributed by atoms with E-state index in [4.69, 9.17) is 5.11 Å². The molecule has 0 aliphatic rings. The Morgan fingerprint density at radius 3 is 2.72 bits per heavy atom. The molecule has 1 aromatic carbocycles. The van der Waals surface area contributed by atoms with Crippen LogP contribution in [0.2, 0.25) is 0 Å². The van der Waals surface area contributed by atoms with Crippen molar-refractivity contribution in [2.24, 2.45) is 7.05 Å². The molecule has 0 aliphatic carbocycles. The normalized spacial score (nSPS) is 11.2. The van der Waals surface area contributed by atoms with E-state index in [-0.39, 0.29) is 6.61 Å². The highest BCUT2D eigenvalue weighted by molar-refractivity contribution is 5.83. The van der Waals surface area contributed by atoms with Crippen LogP contribution in [0.15, 0.2) is 30.5 Å². The van der Waals surface area contributed by atoms with Crippen molar-refractivity contribution in [1.82, 2.24) is 15.2 Å². The van der Waals surface area contributed by atoms with Gasteiger partial charge in [0.25, 0.3) is 0 Å². The minimum absolute atomic E-state index is 0.198. The Labute approximate surface area is 108 Å². The van der Waals surface area contributed by atoms with Gasteiger partial charge < -0.3 is 20.3 Å². The zero-order valence-corrected chi connectivity index (χ0v) is 10.8. The summed E-state index contributed by atoms with van der Waals surface area (Å²) in [5.74, 6) is 0. The van der Waals surface area contributed by atoms with Crippen LogP contribution in [0.4, 0.5) is 0 Å². The lowest BCUT2D eigenvalue weighted by molar-refractivity contribution is 0.292. The first-order valence-electron chi connectivity index (χ1n) is 6.38. The summed E-state index contributed by atoms with van der Waals surface area (Å²) in [7, 11) is 2.08. The van der Waals surface area contributed by atoms with E-state index in [0.717, 1.165) is 19.6 Å². The van der Waals surface area contributed by atoms with Gasteiger partial charge in [-0.3, -0.25) is 0 Å². The van der Waals surface area contributed by atoms with Crippen LogP contribution >= 0.6 is 0 Å². The van der Waals surface area contributed by atoms with E-state index in [1.165, 1.54) is 16.5 Å². The van der Waals surface area contributed by atoms with Crippen LogP contribution in [0, 0.1) is 0 Å². The van der Waals surface area contributed by atoms with Gasteiger partial charge in [0.05, 0.1) is 6.61 Å². The van der Waals surface area contributed by atoms with E-state index >= 15 is 0 Å². The molecule has 1 heterocycles. The summed E-state index contributed by atoms with van der Waals surface area (Å²) in [6.07, 6.45) is 2.18. The van der Waals surface area contributed by atoms with Crippen LogP contribution in [0.25, 0.3) is 10.9 Å². The lowest BCUT2D eigenvalue weighted by Crippen LogP contribution is -2.28. The van der Waals surface area contributed by atoms with Crippen molar-refractivity contribution in [2.45, 2.75) is 6.54 Å². The number of aliphatic hydroxyl groups is 1. The molecule has 0 aliphatic heterocycles. The van der Waals surface area contributed by atoms with Crippen LogP contribution < -0.4 is 10.6 Å². The largest absolute Gasteiger partial charge is 0.395 e. The number of nitrogens with one attached hydrogen (secondary N) is 2. The van der Waals surface area contributed by atoms with Gasteiger partial charge in [-0.1, -0.05) is 18.2 Å². The van der Waals surface area contributed by atoms with Gasteiger partial charge in [0.1, 0.15) is 0 Å². The fourth-order valence-electron chi connectivity index (χ4n) is 2.17. The maximum absolute atomic E-state index is 8.64. The highest BCUT2D eigenvalue weighted by Crippen LogP contribution is 2.19. The summed E-state index contributed by atoms with van der Waals surface area (Å²) in [6.45, 7) is 3.52. The lowest BCUT2D eigenvalue weighted by Gasteiger charge is -2.04. The average molecular weight is 247 g/mol. The molecular formula is C14H21N3O. The number of para-hydroxylation sites is 1. The number of aromatic nitrogens is 1. The minimum atomic E-state index is 0.198. The number of fused-ring (bicyclic) bond motifs is 1. The highest BCUT2D eigenvalue weighted by Gasteiger charge is 2.04. The molecule has 18 heavy (non-hydrogen) atoms. The second kappa shape index (κ2) is 6.54. The van der Waals surface area contributed by atoms with Crippen molar-refractivity contribution in [3.8, 4) is 0 Å². The number of benzene rings is 1. The van der Waals surface area contributed by atoms with E-state index in [2.05, 4.69) is 52.7 Å². The number of hydrogen-bond acceptors (Lipinski definition) is 3. The zero-order valence-electron chi connectivity index (χ0n) is 10.8. The van der Waals surface area contributed by atoms with E-state index in [1.807, 2.05) is 0 Å². The Hall–Kier alpha value is -1.36. The van der Waals surface area contributed by atoms with Crippen LogP contribution in [0.3, 0.4) is 0 Å². The smallest absolute Gasteiger partial charge is 0.0555 e.